The molecule has 0 aliphatic carbocycles. The van der Waals surface area contributed by atoms with Crippen molar-refractivity contribution in [2.75, 3.05) is 9.80 Å². The van der Waals surface area contributed by atoms with E-state index in [1.165, 1.54) is 11.1 Å². The molecule has 0 saturated carbocycles. The second-order valence-electron chi connectivity index (χ2n) is 20.5. The van der Waals surface area contributed by atoms with Gasteiger partial charge < -0.3 is 23.1 Å². The molecule has 334 valence electrons. The van der Waals surface area contributed by atoms with Crippen LogP contribution < -0.4 is 9.80 Å². The molecular weight excluding hydrogens is 845 g/mol. The fraction of sp³-hybridized carbons (Fsp3) is 0.125. The van der Waals surface area contributed by atoms with Crippen LogP contribution in [0.1, 0.15) is 52.7 Å². The van der Waals surface area contributed by atoms with Gasteiger partial charge in [-0.2, -0.15) is 0 Å². The molecule has 0 aliphatic heterocycles. The number of furan rings is 3. The van der Waals surface area contributed by atoms with Crippen LogP contribution in [0.2, 0.25) is 0 Å². The summed E-state index contributed by atoms with van der Waals surface area (Å²) in [4.78, 5) is 4.74. The topological polar surface area (TPSA) is 45.9 Å². The van der Waals surface area contributed by atoms with Gasteiger partial charge in [0.05, 0.1) is 33.5 Å². The lowest BCUT2D eigenvalue weighted by atomic mass is 9.87. The lowest BCUT2D eigenvalue weighted by Gasteiger charge is -2.28. The summed E-state index contributed by atoms with van der Waals surface area (Å²) >= 11 is 0. The van der Waals surface area contributed by atoms with E-state index < -0.39 is 0 Å². The maximum atomic E-state index is 7.36. The Morgan fingerprint density at radius 2 is 0.725 bits per heavy atom. The molecule has 5 heteroatoms. The van der Waals surface area contributed by atoms with E-state index in [1.54, 1.807) is 0 Å². The van der Waals surface area contributed by atoms with Gasteiger partial charge >= 0.3 is 0 Å². The molecule has 10 aromatic carbocycles. The average molecular weight is 895 g/mol. The van der Waals surface area contributed by atoms with Crippen LogP contribution in [0.4, 0.5) is 34.1 Å². The highest BCUT2D eigenvalue weighted by atomic mass is 16.3. The standard InChI is InChI=1S/C64H50N2O3/c1-63(2,3)41-29-33-43(34-30-41)65(49-25-15-19-39-17-7-9-21-45(39)49)51-37-56-60(62-57(51)47-23-11-13-27-53(47)69-62)59-55(67-56)38-52(61-58(59)48-24-12-14-28-54(48)68-61)66(44-35-31-42(32-36-44)64(4,5)6)50-26-16-20-40-18-8-10-22-46(40)50/h7-38H,1-6H3. The molecule has 0 fully saturated rings. The van der Waals surface area contributed by atoms with Gasteiger partial charge in [-0.25, -0.2) is 0 Å². The van der Waals surface area contributed by atoms with Crippen molar-refractivity contribution in [3.8, 4) is 0 Å². The number of rotatable bonds is 6. The van der Waals surface area contributed by atoms with Crippen molar-refractivity contribution in [3.63, 3.8) is 0 Å². The normalized spacial score (nSPS) is 12.5. The first kappa shape index (κ1) is 41.0. The van der Waals surface area contributed by atoms with E-state index in [1.807, 2.05) is 12.1 Å². The third-order valence-electron chi connectivity index (χ3n) is 14.1. The molecule has 0 aliphatic rings. The Kier molecular flexibility index (Phi) is 8.97. The predicted molar refractivity (Wildman–Crippen MR) is 290 cm³/mol. The van der Waals surface area contributed by atoms with Crippen molar-refractivity contribution >= 4 is 121 Å². The highest BCUT2D eigenvalue weighted by molar-refractivity contribution is 6.35. The van der Waals surface area contributed by atoms with E-state index >= 15 is 0 Å². The molecule has 0 N–H and O–H groups in total. The third-order valence-corrected chi connectivity index (χ3v) is 14.1. The quantitative estimate of drug-likeness (QED) is 0.166. The summed E-state index contributed by atoms with van der Waals surface area (Å²) in [5.41, 5.74) is 13.1. The van der Waals surface area contributed by atoms with Gasteiger partial charge in [0.2, 0.25) is 0 Å². The molecule has 0 radical (unpaired) electrons. The third kappa shape index (κ3) is 6.44. The summed E-state index contributed by atoms with van der Waals surface area (Å²) in [7, 11) is 0. The molecule has 0 unspecified atom stereocenters. The number of anilines is 6. The van der Waals surface area contributed by atoms with Crippen LogP contribution in [0, 0.1) is 0 Å². The second kappa shape index (κ2) is 15.1. The first-order chi connectivity index (χ1) is 33.5. The van der Waals surface area contributed by atoms with Crippen LogP contribution in [-0.4, -0.2) is 0 Å². The Hall–Kier alpha value is -8.28. The maximum absolute atomic E-state index is 7.36. The summed E-state index contributed by atoms with van der Waals surface area (Å²) in [6.45, 7) is 13.6. The van der Waals surface area contributed by atoms with Crippen molar-refractivity contribution in [3.05, 3.63) is 205 Å². The monoisotopic (exact) mass is 894 g/mol. The van der Waals surface area contributed by atoms with Gasteiger partial charge in [0.15, 0.2) is 5.58 Å². The van der Waals surface area contributed by atoms with E-state index in [0.717, 1.165) is 121 Å². The highest BCUT2D eigenvalue weighted by Crippen LogP contribution is 2.54. The lowest BCUT2D eigenvalue weighted by Crippen LogP contribution is -2.13. The fourth-order valence-electron chi connectivity index (χ4n) is 10.7. The Labute approximate surface area is 400 Å². The molecule has 0 spiro atoms. The van der Waals surface area contributed by atoms with Gasteiger partial charge in [-0.1, -0.05) is 175 Å². The summed E-state index contributed by atoms with van der Waals surface area (Å²) < 4.78 is 21.6. The van der Waals surface area contributed by atoms with Crippen molar-refractivity contribution in [2.45, 2.75) is 52.4 Å². The molecule has 0 atom stereocenters. The molecule has 69 heavy (non-hydrogen) atoms. The number of hydrogen-bond donors (Lipinski definition) is 0. The van der Waals surface area contributed by atoms with Crippen LogP contribution in [0.15, 0.2) is 207 Å². The molecule has 3 aromatic heterocycles. The largest absolute Gasteiger partial charge is 0.456 e. The second-order valence-corrected chi connectivity index (χ2v) is 20.5. The minimum absolute atomic E-state index is 0.00940. The Morgan fingerprint density at radius 3 is 1.26 bits per heavy atom. The molecule has 13 aromatic rings. The molecule has 3 heterocycles. The first-order valence-corrected chi connectivity index (χ1v) is 23.9. The van der Waals surface area contributed by atoms with Gasteiger partial charge in [0, 0.05) is 55.8 Å². The van der Waals surface area contributed by atoms with Crippen molar-refractivity contribution in [1.29, 1.82) is 0 Å². The van der Waals surface area contributed by atoms with Crippen molar-refractivity contribution in [2.24, 2.45) is 0 Å². The Bertz CT molecular complexity index is 4150. The SMILES string of the molecule is CC(C)(C)c1ccc(N(c2cccc3ccccc23)c2cc3oc4cc(N(c5ccc(C(C)(C)C)cc5)c5cccc6ccccc56)c5c6ccccc6oc5c4c3c3c2oc2ccccc23)cc1. The zero-order valence-electron chi connectivity index (χ0n) is 39.6. The molecule has 0 amide bonds. The first-order valence-electron chi connectivity index (χ1n) is 23.9. The number of benzene rings is 10. The highest BCUT2D eigenvalue weighted by Gasteiger charge is 2.30. The van der Waals surface area contributed by atoms with Gasteiger partial charge in [-0.15, -0.1) is 0 Å². The van der Waals surface area contributed by atoms with E-state index in [4.69, 9.17) is 13.3 Å². The van der Waals surface area contributed by atoms with Gasteiger partial charge in [0.1, 0.15) is 27.9 Å². The number of nitrogens with zero attached hydrogens (tertiary/aromatic N) is 2. The molecule has 0 bridgehead atoms. The zero-order valence-corrected chi connectivity index (χ0v) is 39.6. The van der Waals surface area contributed by atoms with Crippen LogP contribution in [-0.2, 0) is 10.8 Å². The van der Waals surface area contributed by atoms with E-state index in [0.29, 0.717) is 0 Å². The predicted octanol–water partition coefficient (Wildman–Crippen LogP) is 19.2. The maximum Gasteiger partial charge on any atom is 0.160 e. The van der Waals surface area contributed by atoms with Crippen LogP contribution >= 0.6 is 0 Å². The average Bonchev–Trinajstić information content (AvgIpc) is 4.06. The van der Waals surface area contributed by atoms with E-state index in [2.05, 4.69) is 233 Å². The lowest BCUT2D eigenvalue weighted by molar-refractivity contribution is 0.590. The summed E-state index contributed by atoms with van der Waals surface area (Å²) in [6, 6.07) is 69.5. The van der Waals surface area contributed by atoms with E-state index in [9.17, 15) is 0 Å². The number of para-hydroxylation sites is 2. The van der Waals surface area contributed by atoms with Crippen LogP contribution in [0.25, 0.3) is 87.4 Å². The minimum atomic E-state index is -0.0120. The molecular formula is C64H50N2O3. The Morgan fingerprint density at radius 1 is 0.304 bits per heavy atom. The summed E-state index contributed by atoms with van der Waals surface area (Å²) in [5.74, 6) is 0. The summed E-state index contributed by atoms with van der Waals surface area (Å²) in [5, 5.41) is 10.5. The Balaban J connectivity index is 1.16. The number of hydrogen-bond acceptors (Lipinski definition) is 5. The smallest absolute Gasteiger partial charge is 0.160 e. The van der Waals surface area contributed by atoms with Crippen LogP contribution in [0.5, 0.6) is 0 Å². The number of fused-ring (bicyclic) bond motifs is 13. The molecule has 0 saturated heterocycles. The molecule has 5 nitrogen and oxygen atoms in total. The molecule has 13 rings (SSSR count). The van der Waals surface area contributed by atoms with E-state index in [-0.39, 0.29) is 10.8 Å². The van der Waals surface area contributed by atoms with Gasteiger partial charge in [-0.3, -0.25) is 0 Å². The zero-order chi connectivity index (χ0) is 46.8. The van der Waals surface area contributed by atoms with Gasteiger partial charge in [-0.05, 0) is 81.3 Å². The van der Waals surface area contributed by atoms with Crippen molar-refractivity contribution < 1.29 is 13.3 Å². The van der Waals surface area contributed by atoms with Gasteiger partial charge in [0.25, 0.3) is 0 Å². The minimum Gasteiger partial charge on any atom is -0.456 e. The fourth-order valence-corrected chi connectivity index (χ4v) is 10.7. The van der Waals surface area contributed by atoms with Crippen molar-refractivity contribution in [1.82, 2.24) is 0 Å². The summed E-state index contributed by atoms with van der Waals surface area (Å²) in [6.07, 6.45) is 0. The van der Waals surface area contributed by atoms with Crippen LogP contribution in [0.3, 0.4) is 0 Å².